The van der Waals surface area contributed by atoms with E-state index in [9.17, 15) is 12.8 Å². The largest absolute Gasteiger partial charge is 0.396 e. The number of nitrogens with two attached hydrogens (primary N) is 1. The summed E-state index contributed by atoms with van der Waals surface area (Å²) in [7, 11) is -2.04. The molecule has 0 bridgehead atoms. The van der Waals surface area contributed by atoms with Gasteiger partial charge in [0.05, 0.1) is 16.7 Å². The molecule has 7 heteroatoms. The van der Waals surface area contributed by atoms with Crippen LogP contribution in [0.4, 0.5) is 10.1 Å². The van der Waals surface area contributed by atoms with Crippen molar-refractivity contribution in [1.29, 1.82) is 0 Å². The van der Waals surface area contributed by atoms with Crippen molar-refractivity contribution in [3.63, 3.8) is 0 Å². The minimum Gasteiger partial charge on any atom is -0.396 e. The number of sulfonamides is 1. The molecule has 0 amide bonds. The Bertz CT molecular complexity index is 554. The van der Waals surface area contributed by atoms with Gasteiger partial charge >= 0.3 is 0 Å². The van der Waals surface area contributed by atoms with E-state index in [1.807, 2.05) is 0 Å². The van der Waals surface area contributed by atoms with Gasteiger partial charge in [0.1, 0.15) is 5.82 Å². The van der Waals surface area contributed by atoms with Gasteiger partial charge in [-0.05, 0) is 31.0 Å². The summed E-state index contributed by atoms with van der Waals surface area (Å²) in [6.45, 7) is 0.764. The number of piperidine rings is 1. The van der Waals surface area contributed by atoms with Crippen LogP contribution >= 0.6 is 0 Å². The molecule has 1 fully saturated rings. The van der Waals surface area contributed by atoms with E-state index in [0.29, 0.717) is 25.9 Å². The van der Waals surface area contributed by atoms with E-state index >= 15 is 0 Å². The second-order valence-corrected chi connectivity index (χ2v) is 6.46. The lowest BCUT2D eigenvalue weighted by Gasteiger charge is -2.30. The van der Waals surface area contributed by atoms with E-state index in [1.54, 1.807) is 7.11 Å². The van der Waals surface area contributed by atoms with Crippen LogP contribution in [0.25, 0.3) is 0 Å². The second-order valence-electron chi connectivity index (χ2n) is 4.52. The van der Waals surface area contributed by atoms with Crippen LogP contribution in [-0.2, 0) is 14.8 Å². The zero-order chi connectivity index (χ0) is 14.0. The van der Waals surface area contributed by atoms with Gasteiger partial charge < -0.3 is 10.5 Å². The highest BCUT2D eigenvalue weighted by Gasteiger charge is 2.29. The number of nitrogen functional groups attached to an aromatic ring is 1. The molecule has 106 valence electrons. The molecule has 1 aliphatic heterocycles. The third kappa shape index (κ3) is 2.88. The molecule has 0 atom stereocenters. The van der Waals surface area contributed by atoms with Gasteiger partial charge in [0.15, 0.2) is 0 Å². The van der Waals surface area contributed by atoms with Gasteiger partial charge in [0.2, 0.25) is 10.0 Å². The molecule has 1 aliphatic rings. The highest BCUT2D eigenvalue weighted by Crippen LogP contribution is 2.23. The van der Waals surface area contributed by atoms with Gasteiger partial charge in [-0.2, -0.15) is 4.31 Å². The topological polar surface area (TPSA) is 72.6 Å². The lowest BCUT2D eigenvalue weighted by molar-refractivity contribution is 0.0604. The molecule has 2 N–H and O–H groups in total. The number of hydrogen-bond acceptors (Lipinski definition) is 4. The zero-order valence-corrected chi connectivity index (χ0v) is 11.5. The fourth-order valence-electron chi connectivity index (χ4n) is 2.13. The Labute approximate surface area is 112 Å². The summed E-state index contributed by atoms with van der Waals surface area (Å²) < 4.78 is 44.6. The quantitative estimate of drug-likeness (QED) is 0.848. The SMILES string of the molecule is COC1CCN(S(=O)(=O)c2ccc(N)c(F)c2)CC1. The molecule has 0 aliphatic carbocycles. The monoisotopic (exact) mass is 288 g/mol. The Morgan fingerprint density at radius 1 is 1.37 bits per heavy atom. The van der Waals surface area contributed by atoms with Crippen molar-refractivity contribution < 1.29 is 17.5 Å². The first-order valence-electron chi connectivity index (χ1n) is 6.03. The van der Waals surface area contributed by atoms with E-state index in [4.69, 9.17) is 10.5 Å². The van der Waals surface area contributed by atoms with E-state index in [0.717, 1.165) is 6.07 Å². The maximum Gasteiger partial charge on any atom is 0.243 e. The number of hydrogen-bond donors (Lipinski definition) is 1. The Morgan fingerprint density at radius 3 is 2.53 bits per heavy atom. The van der Waals surface area contributed by atoms with Gasteiger partial charge in [0, 0.05) is 20.2 Å². The average Bonchev–Trinajstić information content (AvgIpc) is 2.41. The molecule has 1 aromatic rings. The van der Waals surface area contributed by atoms with Crippen LogP contribution < -0.4 is 5.73 Å². The zero-order valence-electron chi connectivity index (χ0n) is 10.7. The molecule has 0 radical (unpaired) electrons. The summed E-state index contributed by atoms with van der Waals surface area (Å²) in [5.41, 5.74) is 5.29. The van der Waals surface area contributed by atoms with E-state index in [1.165, 1.54) is 16.4 Å². The van der Waals surface area contributed by atoms with Crippen LogP contribution in [0.15, 0.2) is 23.1 Å². The van der Waals surface area contributed by atoms with E-state index in [2.05, 4.69) is 0 Å². The number of anilines is 1. The molecule has 0 spiro atoms. The maximum atomic E-state index is 13.4. The highest BCUT2D eigenvalue weighted by atomic mass is 32.2. The summed E-state index contributed by atoms with van der Waals surface area (Å²) in [5.74, 6) is -0.715. The van der Waals surface area contributed by atoms with Crippen LogP contribution in [0.5, 0.6) is 0 Å². The van der Waals surface area contributed by atoms with E-state index in [-0.39, 0.29) is 16.7 Å². The Hall–Kier alpha value is -1.18. The lowest BCUT2D eigenvalue weighted by atomic mass is 10.1. The lowest BCUT2D eigenvalue weighted by Crippen LogP contribution is -2.40. The Kier molecular flexibility index (Phi) is 4.07. The summed E-state index contributed by atoms with van der Waals surface area (Å²) in [6, 6.07) is 3.56. The predicted molar refractivity (Wildman–Crippen MR) is 69.6 cm³/mol. The smallest absolute Gasteiger partial charge is 0.243 e. The first-order valence-corrected chi connectivity index (χ1v) is 7.47. The van der Waals surface area contributed by atoms with Crippen LogP contribution in [0.1, 0.15) is 12.8 Å². The maximum absolute atomic E-state index is 13.4. The van der Waals surface area contributed by atoms with Crippen molar-refractivity contribution in [2.24, 2.45) is 0 Å². The third-order valence-electron chi connectivity index (χ3n) is 3.34. The molecule has 0 unspecified atom stereocenters. The Balaban J connectivity index is 2.21. The molecule has 2 rings (SSSR count). The number of nitrogens with zero attached hydrogens (tertiary/aromatic N) is 1. The molecule has 0 saturated carbocycles. The minimum absolute atomic E-state index is 0.0583. The van der Waals surface area contributed by atoms with E-state index < -0.39 is 15.8 Å². The molecule has 1 heterocycles. The fourth-order valence-corrected chi connectivity index (χ4v) is 3.61. The van der Waals surface area contributed by atoms with Gasteiger partial charge in [-0.25, -0.2) is 12.8 Å². The number of methoxy groups -OCH3 is 1. The number of rotatable bonds is 3. The Morgan fingerprint density at radius 2 is 2.00 bits per heavy atom. The van der Waals surface area contributed by atoms with Gasteiger partial charge in [-0.1, -0.05) is 0 Å². The summed E-state index contributed by atoms with van der Waals surface area (Å²) in [4.78, 5) is -0.0601. The van der Waals surface area contributed by atoms with Gasteiger partial charge in [-0.15, -0.1) is 0 Å². The summed E-state index contributed by atoms with van der Waals surface area (Å²) >= 11 is 0. The highest BCUT2D eigenvalue weighted by molar-refractivity contribution is 7.89. The molecule has 1 aromatic carbocycles. The van der Waals surface area contributed by atoms with Crippen molar-refractivity contribution in [3.8, 4) is 0 Å². The molecular weight excluding hydrogens is 271 g/mol. The van der Waals surface area contributed by atoms with Crippen molar-refractivity contribution in [1.82, 2.24) is 4.31 Å². The summed E-state index contributed by atoms with van der Waals surface area (Å²) in [5, 5.41) is 0. The van der Waals surface area contributed by atoms with Crippen LogP contribution in [0.3, 0.4) is 0 Å². The van der Waals surface area contributed by atoms with Crippen LogP contribution in [0, 0.1) is 5.82 Å². The molecule has 5 nitrogen and oxygen atoms in total. The van der Waals surface area contributed by atoms with Gasteiger partial charge in [0.25, 0.3) is 0 Å². The van der Waals surface area contributed by atoms with Gasteiger partial charge in [-0.3, -0.25) is 0 Å². The second kappa shape index (κ2) is 5.44. The molecular formula is C12H17FN2O3S. The first kappa shape index (κ1) is 14.2. The minimum atomic E-state index is -3.65. The predicted octanol–water partition coefficient (Wildman–Crippen LogP) is 1.21. The average molecular weight is 288 g/mol. The third-order valence-corrected chi connectivity index (χ3v) is 5.24. The molecule has 19 heavy (non-hydrogen) atoms. The summed E-state index contributed by atoms with van der Waals surface area (Å²) in [6.07, 6.45) is 1.38. The van der Waals surface area contributed by atoms with Crippen LogP contribution in [0.2, 0.25) is 0 Å². The van der Waals surface area contributed by atoms with Crippen molar-refractivity contribution in [2.75, 3.05) is 25.9 Å². The first-order chi connectivity index (χ1) is 8.95. The standard InChI is InChI=1S/C12H17FN2O3S/c1-18-9-4-6-15(7-5-9)19(16,17)10-2-3-12(14)11(13)8-10/h2-3,8-9H,4-7,14H2,1H3. The fraction of sp³-hybridized carbons (Fsp3) is 0.500. The van der Waals surface area contributed by atoms with Crippen molar-refractivity contribution in [3.05, 3.63) is 24.0 Å². The van der Waals surface area contributed by atoms with Crippen molar-refractivity contribution >= 4 is 15.7 Å². The molecule has 0 aromatic heterocycles. The van der Waals surface area contributed by atoms with Crippen molar-refractivity contribution in [2.45, 2.75) is 23.8 Å². The number of ether oxygens (including phenoxy) is 1. The number of halogens is 1. The number of benzene rings is 1. The molecule has 1 saturated heterocycles. The van der Waals surface area contributed by atoms with Crippen LogP contribution in [-0.4, -0.2) is 39.0 Å². The normalized spacial score (nSPS) is 18.6.